The number of halogens is 1. The van der Waals surface area contributed by atoms with Gasteiger partial charge < -0.3 is 5.11 Å². The average Bonchev–Trinajstić information content (AvgIpc) is 2.89. The number of aromatic nitrogens is 3. The Morgan fingerprint density at radius 1 is 1.44 bits per heavy atom. The van der Waals surface area contributed by atoms with Crippen LogP contribution in [-0.2, 0) is 6.42 Å². The zero-order valence-corrected chi connectivity index (χ0v) is 10.1. The highest BCUT2D eigenvalue weighted by Gasteiger charge is 2.12. The Labute approximate surface area is 106 Å². The van der Waals surface area contributed by atoms with E-state index in [1.807, 2.05) is 22.2 Å². The summed E-state index contributed by atoms with van der Waals surface area (Å²) in [5.41, 5.74) is 1.24. The highest BCUT2D eigenvalue weighted by molar-refractivity contribution is 7.15. The van der Waals surface area contributed by atoms with Crippen molar-refractivity contribution < 1.29 is 9.50 Å². The number of aliphatic hydroxyl groups is 1. The molecule has 0 aliphatic rings. The fraction of sp³-hybridized carbons (Fsp3) is 0.167. The van der Waals surface area contributed by atoms with Crippen LogP contribution >= 0.6 is 11.3 Å². The van der Waals surface area contributed by atoms with Crippen LogP contribution in [0.1, 0.15) is 17.4 Å². The lowest BCUT2D eigenvalue weighted by atomic mass is 10.1. The molecule has 3 rings (SSSR count). The minimum absolute atomic E-state index is 0.347. The summed E-state index contributed by atoms with van der Waals surface area (Å²) in [6.45, 7) is 0. The Kier molecular flexibility index (Phi) is 2.81. The summed E-state index contributed by atoms with van der Waals surface area (Å²) in [6, 6.07) is 1.29. The zero-order chi connectivity index (χ0) is 12.5. The van der Waals surface area contributed by atoms with Crippen molar-refractivity contribution in [3.05, 3.63) is 53.3 Å². The average molecular weight is 263 g/mol. The number of thiazole rings is 1. The van der Waals surface area contributed by atoms with E-state index >= 15 is 0 Å². The third-order valence-electron chi connectivity index (χ3n) is 2.66. The van der Waals surface area contributed by atoms with E-state index in [1.54, 1.807) is 0 Å². The molecule has 3 aromatic heterocycles. The van der Waals surface area contributed by atoms with Crippen molar-refractivity contribution >= 4 is 16.3 Å². The second-order valence-corrected chi connectivity index (χ2v) is 4.85. The van der Waals surface area contributed by atoms with Gasteiger partial charge in [-0.3, -0.25) is 9.38 Å². The number of fused-ring (bicyclic) bond motifs is 1. The van der Waals surface area contributed by atoms with Gasteiger partial charge in [-0.2, -0.15) is 0 Å². The van der Waals surface area contributed by atoms with Crippen LogP contribution < -0.4 is 0 Å². The summed E-state index contributed by atoms with van der Waals surface area (Å²) >= 11 is 1.53. The molecule has 0 spiro atoms. The molecular formula is C12H10FN3OS. The van der Waals surface area contributed by atoms with Crippen LogP contribution in [0.15, 0.2) is 36.2 Å². The van der Waals surface area contributed by atoms with Gasteiger partial charge in [0.1, 0.15) is 5.82 Å². The standard InChI is InChI=1S/C12H10FN3OS/c13-9-3-8(5-14-6-9)11(17)4-10-7-16-1-2-18-12(16)15-10/h1-3,5-7,11,17H,4H2. The number of pyridine rings is 1. The van der Waals surface area contributed by atoms with Crippen molar-refractivity contribution in [2.24, 2.45) is 0 Å². The Morgan fingerprint density at radius 2 is 2.33 bits per heavy atom. The normalized spacial score (nSPS) is 13.0. The van der Waals surface area contributed by atoms with Gasteiger partial charge in [-0.1, -0.05) is 0 Å². The minimum atomic E-state index is -0.794. The molecule has 0 aliphatic heterocycles. The van der Waals surface area contributed by atoms with Crippen molar-refractivity contribution in [1.82, 2.24) is 14.4 Å². The second kappa shape index (κ2) is 4.47. The largest absolute Gasteiger partial charge is 0.388 e. The second-order valence-electron chi connectivity index (χ2n) is 3.98. The molecule has 3 aromatic rings. The summed E-state index contributed by atoms with van der Waals surface area (Å²) in [4.78, 5) is 8.97. The van der Waals surface area contributed by atoms with Crippen molar-refractivity contribution in [2.45, 2.75) is 12.5 Å². The molecular weight excluding hydrogens is 253 g/mol. The maximum Gasteiger partial charge on any atom is 0.193 e. The van der Waals surface area contributed by atoms with Crippen molar-refractivity contribution in [1.29, 1.82) is 0 Å². The van der Waals surface area contributed by atoms with Gasteiger partial charge in [-0.05, 0) is 6.07 Å². The number of imidazole rings is 1. The highest BCUT2D eigenvalue weighted by atomic mass is 32.1. The Hall–Kier alpha value is -1.79. The maximum atomic E-state index is 13.0. The van der Waals surface area contributed by atoms with Gasteiger partial charge in [0.15, 0.2) is 4.96 Å². The van der Waals surface area contributed by atoms with E-state index in [2.05, 4.69) is 9.97 Å². The Bertz CT molecular complexity index is 650. The van der Waals surface area contributed by atoms with Crippen LogP contribution in [0.3, 0.4) is 0 Å². The number of aliphatic hydroxyl groups excluding tert-OH is 1. The third kappa shape index (κ3) is 2.12. The Morgan fingerprint density at radius 3 is 3.11 bits per heavy atom. The lowest BCUT2D eigenvalue weighted by Gasteiger charge is -2.08. The van der Waals surface area contributed by atoms with E-state index in [4.69, 9.17) is 0 Å². The maximum absolute atomic E-state index is 13.0. The van der Waals surface area contributed by atoms with Crippen molar-refractivity contribution in [3.8, 4) is 0 Å². The molecule has 6 heteroatoms. The van der Waals surface area contributed by atoms with Crippen molar-refractivity contribution in [3.63, 3.8) is 0 Å². The van der Waals surface area contributed by atoms with Gasteiger partial charge in [0.2, 0.25) is 0 Å². The van der Waals surface area contributed by atoms with Gasteiger partial charge in [0.25, 0.3) is 0 Å². The van der Waals surface area contributed by atoms with Crippen molar-refractivity contribution in [2.75, 3.05) is 0 Å². The first-order chi connectivity index (χ1) is 8.72. The first-order valence-corrected chi connectivity index (χ1v) is 6.30. The fourth-order valence-electron chi connectivity index (χ4n) is 1.80. The molecule has 92 valence electrons. The van der Waals surface area contributed by atoms with Crippen LogP contribution in [0.2, 0.25) is 0 Å². The molecule has 0 aromatic carbocycles. The molecule has 0 saturated heterocycles. The third-order valence-corrected chi connectivity index (χ3v) is 3.43. The summed E-state index contributed by atoms with van der Waals surface area (Å²) in [5, 5.41) is 12.0. The molecule has 3 heterocycles. The van der Waals surface area contributed by atoms with E-state index in [1.165, 1.54) is 23.6 Å². The van der Waals surface area contributed by atoms with Crippen LogP contribution in [0, 0.1) is 5.82 Å². The molecule has 0 saturated carbocycles. The highest BCUT2D eigenvalue weighted by Crippen LogP contribution is 2.19. The smallest absolute Gasteiger partial charge is 0.193 e. The summed E-state index contributed by atoms with van der Waals surface area (Å²) in [7, 11) is 0. The van der Waals surface area contributed by atoms with E-state index in [0.29, 0.717) is 12.0 Å². The molecule has 1 N–H and O–H groups in total. The molecule has 0 bridgehead atoms. The summed E-state index contributed by atoms with van der Waals surface area (Å²) < 4.78 is 14.9. The molecule has 0 fully saturated rings. The van der Waals surface area contributed by atoms with Gasteiger partial charge in [-0.15, -0.1) is 11.3 Å². The predicted molar refractivity (Wildman–Crippen MR) is 65.9 cm³/mol. The number of rotatable bonds is 3. The minimum Gasteiger partial charge on any atom is -0.388 e. The molecule has 0 amide bonds. The number of hydrogen-bond acceptors (Lipinski definition) is 4. The van der Waals surface area contributed by atoms with Gasteiger partial charge in [-0.25, -0.2) is 9.37 Å². The van der Waals surface area contributed by atoms with E-state index in [-0.39, 0.29) is 0 Å². The molecule has 18 heavy (non-hydrogen) atoms. The van der Waals surface area contributed by atoms with E-state index < -0.39 is 11.9 Å². The van der Waals surface area contributed by atoms with Crippen LogP contribution in [0.25, 0.3) is 4.96 Å². The number of hydrogen-bond donors (Lipinski definition) is 1. The quantitative estimate of drug-likeness (QED) is 0.788. The van der Waals surface area contributed by atoms with E-state index in [9.17, 15) is 9.50 Å². The monoisotopic (exact) mass is 263 g/mol. The van der Waals surface area contributed by atoms with Gasteiger partial charge in [0, 0.05) is 36.0 Å². The first-order valence-electron chi connectivity index (χ1n) is 5.42. The van der Waals surface area contributed by atoms with E-state index in [0.717, 1.165) is 16.9 Å². The molecule has 1 unspecified atom stereocenters. The Balaban J connectivity index is 1.81. The zero-order valence-electron chi connectivity index (χ0n) is 9.32. The molecule has 0 aliphatic carbocycles. The molecule has 0 radical (unpaired) electrons. The van der Waals surface area contributed by atoms with Crippen LogP contribution in [0.4, 0.5) is 4.39 Å². The lowest BCUT2D eigenvalue weighted by Crippen LogP contribution is -2.03. The topological polar surface area (TPSA) is 50.4 Å². The van der Waals surface area contributed by atoms with Gasteiger partial charge >= 0.3 is 0 Å². The number of nitrogens with zero attached hydrogens (tertiary/aromatic N) is 3. The lowest BCUT2D eigenvalue weighted by molar-refractivity contribution is 0.176. The van der Waals surface area contributed by atoms with Crippen LogP contribution in [-0.4, -0.2) is 19.5 Å². The summed E-state index contributed by atoms with van der Waals surface area (Å²) in [5.74, 6) is -0.447. The first kappa shape index (κ1) is 11.3. The SMILES string of the molecule is OC(Cc1cn2ccsc2n1)c1cncc(F)c1. The fourth-order valence-corrected chi connectivity index (χ4v) is 2.52. The van der Waals surface area contributed by atoms with Crippen LogP contribution in [0.5, 0.6) is 0 Å². The molecule has 4 nitrogen and oxygen atoms in total. The molecule has 1 atom stereocenters. The predicted octanol–water partition coefficient (Wildman–Crippen LogP) is 2.21. The van der Waals surface area contributed by atoms with Gasteiger partial charge in [0.05, 0.1) is 18.0 Å². The summed E-state index contributed by atoms with van der Waals surface area (Å²) in [6.07, 6.45) is 5.90.